The summed E-state index contributed by atoms with van der Waals surface area (Å²) < 4.78 is 35.7. The fraction of sp³-hybridized carbons (Fsp3) is 0.667. The number of hydrogen-bond acceptors (Lipinski definition) is 4. The summed E-state index contributed by atoms with van der Waals surface area (Å²) in [4.78, 5) is 11.2. The molecular weight excluding hydrogens is 220 g/mol. The van der Waals surface area contributed by atoms with E-state index in [0.717, 1.165) is 0 Å². The highest BCUT2D eigenvalue weighted by Crippen LogP contribution is 2.23. The van der Waals surface area contributed by atoms with Gasteiger partial charge in [-0.25, -0.2) is 0 Å². The lowest BCUT2D eigenvalue weighted by Crippen LogP contribution is -2.39. The Labute approximate surface area is 88.6 Å². The molecule has 84 valence electrons. The second kappa shape index (κ2) is 4.75. The van der Waals surface area contributed by atoms with Gasteiger partial charge in [-0.3, -0.25) is 9.35 Å². The predicted molar refractivity (Wildman–Crippen MR) is 52.8 cm³/mol. The maximum absolute atomic E-state index is 11.2. The molecule has 1 aliphatic carbocycles. The third-order valence-electron chi connectivity index (χ3n) is 2.31. The molecule has 0 bridgehead atoms. The van der Waals surface area contributed by atoms with E-state index in [0.29, 0.717) is 6.42 Å². The molecule has 1 fully saturated rings. The van der Waals surface area contributed by atoms with Gasteiger partial charge in [-0.05, 0) is 12.8 Å². The molecule has 0 saturated heterocycles. The van der Waals surface area contributed by atoms with Crippen molar-refractivity contribution in [2.75, 3.05) is 6.61 Å². The Kier molecular flexibility index (Phi) is 3.85. The van der Waals surface area contributed by atoms with Crippen LogP contribution >= 0.6 is 0 Å². The third kappa shape index (κ3) is 3.30. The van der Waals surface area contributed by atoms with Crippen molar-refractivity contribution >= 4 is 15.9 Å². The number of ether oxygens (including phenoxy) is 1. The minimum Gasteiger partial charge on any atom is -0.365 e. The molecule has 0 aliphatic heterocycles. The normalized spacial score (nSPS) is 27.3. The van der Waals surface area contributed by atoms with Crippen LogP contribution in [0.5, 0.6) is 0 Å². The summed E-state index contributed by atoms with van der Waals surface area (Å²) in [5.41, 5.74) is 0. The molecule has 0 radical (unpaired) electrons. The fourth-order valence-corrected chi connectivity index (χ4v) is 2.47. The zero-order valence-electron chi connectivity index (χ0n) is 8.05. The number of terminal acetylenes is 1. The van der Waals surface area contributed by atoms with Crippen molar-refractivity contribution in [3.63, 3.8) is 0 Å². The monoisotopic (exact) mass is 232 g/mol. The van der Waals surface area contributed by atoms with Crippen LogP contribution in [0.2, 0.25) is 0 Å². The van der Waals surface area contributed by atoms with Gasteiger partial charge < -0.3 is 4.74 Å². The smallest absolute Gasteiger partial charge is 0.275 e. The molecule has 1 saturated carbocycles. The van der Waals surface area contributed by atoms with Gasteiger partial charge in [-0.15, -0.1) is 6.42 Å². The van der Waals surface area contributed by atoms with Crippen LogP contribution in [0.15, 0.2) is 0 Å². The van der Waals surface area contributed by atoms with Gasteiger partial charge in [0.25, 0.3) is 10.1 Å². The van der Waals surface area contributed by atoms with Crippen LogP contribution < -0.4 is 0 Å². The van der Waals surface area contributed by atoms with Gasteiger partial charge in [0, 0.05) is 6.42 Å². The standard InChI is InChI=1S/C9H12O5S/c1-2-5-14-7-3-4-8(10)9(6-7)15(11,12)13/h1,7,9H,3-6H2,(H,11,12,13). The molecule has 2 unspecified atom stereocenters. The lowest BCUT2D eigenvalue weighted by molar-refractivity contribution is -0.122. The van der Waals surface area contributed by atoms with E-state index in [1.807, 2.05) is 0 Å². The molecule has 1 rings (SSSR count). The number of rotatable bonds is 3. The quantitative estimate of drug-likeness (QED) is 0.548. The van der Waals surface area contributed by atoms with E-state index in [9.17, 15) is 13.2 Å². The molecule has 0 aromatic rings. The predicted octanol–water partition coefficient (Wildman–Crippen LogP) is 0.0142. The molecule has 0 spiro atoms. The van der Waals surface area contributed by atoms with Gasteiger partial charge in [-0.1, -0.05) is 5.92 Å². The van der Waals surface area contributed by atoms with Gasteiger partial charge in [0.1, 0.15) is 11.9 Å². The number of ketones is 1. The molecule has 1 N–H and O–H groups in total. The van der Waals surface area contributed by atoms with Crippen molar-refractivity contribution in [1.29, 1.82) is 0 Å². The van der Waals surface area contributed by atoms with Gasteiger partial charge in [0.2, 0.25) is 0 Å². The molecule has 0 aromatic heterocycles. The lowest BCUT2D eigenvalue weighted by atomic mass is 9.96. The maximum Gasteiger partial charge on any atom is 0.275 e. The van der Waals surface area contributed by atoms with Crippen LogP contribution in [-0.2, 0) is 19.6 Å². The zero-order valence-corrected chi connectivity index (χ0v) is 8.87. The molecule has 0 aromatic carbocycles. The minimum absolute atomic E-state index is 0.0145. The largest absolute Gasteiger partial charge is 0.365 e. The Morgan fingerprint density at radius 2 is 2.27 bits per heavy atom. The van der Waals surface area contributed by atoms with Crippen molar-refractivity contribution in [3.05, 3.63) is 0 Å². The van der Waals surface area contributed by atoms with E-state index in [1.54, 1.807) is 0 Å². The highest BCUT2D eigenvalue weighted by Gasteiger charge is 2.37. The Balaban J connectivity index is 2.65. The number of carbonyl (C=O) groups excluding carboxylic acids is 1. The van der Waals surface area contributed by atoms with Crippen molar-refractivity contribution < 1.29 is 22.5 Å². The topological polar surface area (TPSA) is 80.7 Å². The van der Waals surface area contributed by atoms with Crippen molar-refractivity contribution in [2.45, 2.75) is 30.6 Å². The molecule has 0 heterocycles. The van der Waals surface area contributed by atoms with Crippen molar-refractivity contribution in [3.8, 4) is 12.3 Å². The molecule has 6 heteroatoms. The highest BCUT2D eigenvalue weighted by atomic mass is 32.2. The summed E-state index contributed by atoms with van der Waals surface area (Å²) in [6.45, 7) is 0.0804. The zero-order chi connectivity index (χ0) is 11.5. The van der Waals surface area contributed by atoms with Crippen LogP contribution in [-0.4, -0.2) is 36.7 Å². The second-order valence-corrected chi connectivity index (χ2v) is 4.98. The van der Waals surface area contributed by atoms with E-state index in [-0.39, 0.29) is 25.6 Å². The number of carbonyl (C=O) groups is 1. The highest BCUT2D eigenvalue weighted by molar-refractivity contribution is 7.87. The average Bonchev–Trinajstić information content (AvgIpc) is 2.15. The summed E-state index contributed by atoms with van der Waals surface area (Å²) in [6, 6.07) is 0. The summed E-state index contributed by atoms with van der Waals surface area (Å²) >= 11 is 0. The Bertz CT molecular complexity index is 378. The van der Waals surface area contributed by atoms with Crippen LogP contribution in [0.1, 0.15) is 19.3 Å². The van der Waals surface area contributed by atoms with Gasteiger partial charge >= 0.3 is 0 Å². The fourth-order valence-electron chi connectivity index (χ4n) is 1.56. The molecular formula is C9H12O5S. The number of Topliss-reactive ketones (excluding diaryl/α,β-unsaturated/α-hetero) is 1. The summed E-state index contributed by atoms with van der Waals surface area (Å²) in [5, 5.41) is -1.35. The Morgan fingerprint density at radius 1 is 1.60 bits per heavy atom. The van der Waals surface area contributed by atoms with Crippen molar-refractivity contribution in [2.24, 2.45) is 0 Å². The molecule has 2 atom stereocenters. The second-order valence-electron chi connectivity index (χ2n) is 3.38. The van der Waals surface area contributed by atoms with Crippen LogP contribution in [0, 0.1) is 12.3 Å². The van der Waals surface area contributed by atoms with E-state index in [4.69, 9.17) is 15.7 Å². The minimum atomic E-state index is -4.31. The lowest BCUT2D eigenvalue weighted by Gasteiger charge is -2.25. The maximum atomic E-state index is 11.2. The van der Waals surface area contributed by atoms with E-state index >= 15 is 0 Å². The van der Waals surface area contributed by atoms with Crippen LogP contribution in [0.4, 0.5) is 0 Å². The van der Waals surface area contributed by atoms with Gasteiger partial charge in [0.05, 0.1) is 6.10 Å². The van der Waals surface area contributed by atoms with E-state index in [1.165, 1.54) is 0 Å². The molecule has 15 heavy (non-hydrogen) atoms. The summed E-state index contributed by atoms with van der Waals surface area (Å²) in [7, 11) is -4.31. The molecule has 5 nitrogen and oxygen atoms in total. The molecule has 0 amide bonds. The molecule has 1 aliphatic rings. The first-order valence-corrected chi connectivity index (χ1v) is 5.99. The average molecular weight is 232 g/mol. The Morgan fingerprint density at radius 3 is 2.80 bits per heavy atom. The summed E-state index contributed by atoms with van der Waals surface area (Å²) in [6.07, 6.45) is 5.15. The summed E-state index contributed by atoms with van der Waals surface area (Å²) in [5.74, 6) is 1.80. The SMILES string of the molecule is C#CCOC1CCC(=O)C(S(=O)(=O)O)C1. The number of hydrogen-bond donors (Lipinski definition) is 1. The van der Waals surface area contributed by atoms with Crippen LogP contribution in [0.3, 0.4) is 0 Å². The van der Waals surface area contributed by atoms with E-state index < -0.39 is 21.2 Å². The first-order valence-electron chi connectivity index (χ1n) is 4.49. The first-order chi connectivity index (χ1) is 6.95. The van der Waals surface area contributed by atoms with Crippen molar-refractivity contribution in [1.82, 2.24) is 0 Å². The van der Waals surface area contributed by atoms with E-state index in [2.05, 4.69) is 5.92 Å². The van der Waals surface area contributed by atoms with Gasteiger partial charge in [-0.2, -0.15) is 8.42 Å². The third-order valence-corrected chi connectivity index (χ3v) is 3.49. The Hall–Kier alpha value is -0.900. The van der Waals surface area contributed by atoms with Gasteiger partial charge in [0.15, 0.2) is 5.78 Å². The van der Waals surface area contributed by atoms with Crippen LogP contribution in [0.25, 0.3) is 0 Å². The first kappa shape index (κ1) is 12.2.